The van der Waals surface area contributed by atoms with Gasteiger partial charge in [0.1, 0.15) is 5.75 Å². The van der Waals surface area contributed by atoms with Crippen molar-refractivity contribution >= 4 is 12.0 Å². The molecule has 2 aromatic rings. The highest BCUT2D eigenvalue weighted by atomic mass is 16.6. The minimum Gasteiger partial charge on any atom is -0.410 e. The van der Waals surface area contributed by atoms with E-state index in [0.29, 0.717) is 12.2 Å². The van der Waals surface area contributed by atoms with E-state index < -0.39 is 12.1 Å². The van der Waals surface area contributed by atoms with Crippen LogP contribution in [0.25, 0.3) is 0 Å². The zero-order valence-electron chi connectivity index (χ0n) is 13.4. The van der Waals surface area contributed by atoms with Crippen molar-refractivity contribution in [1.29, 1.82) is 5.26 Å². The van der Waals surface area contributed by atoms with Gasteiger partial charge >= 0.3 is 6.09 Å². The van der Waals surface area contributed by atoms with Crippen molar-refractivity contribution in [1.82, 2.24) is 4.90 Å². The third-order valence-corrected chi connectivity index (χ3v) is 4.08. The SMILES string of the molecule is N#CC=C[C@@H]1[C@H](Cc2ccccc2)C(=O)N1C(=O)Oc1ccccc1. The molecule has 0 aliphatic carbocycles. The molecular formula is C20H16N2O3. The maximum atomic E-state index is 12.5. The second-order valence-electron chi connectivity index (χ2n) is 5.66. The number of amides is 2. The number of likely N-dealkylation sites (tertiary alicyclic amines) is 1. The Morgan fingerprint density at radius 2 is 1.76 bits per heavy atom. The molecule has 1 aliphatic rings. The highest BCUT2D eigenvalue weighted by Gasteiger charge is 2.50. The number of β-lactam (4-membered cyclic amide) rings is 1. The molecule has 0 aromatic heterocycles. The Kier molecular flexibility index (Phi) is 4.91. The lowest BCUT2D eigenvalue weighted by atomic mass is 9.82. The summed E-state index contributed by atoms with van der Waals surface area (Å²) < 4.78 is 5.25. The first kappa shape index (κ1) is 16.5. The van der Waals surface area contributed by atoms with E-state index in [4.69, 9.17) is 10.00 Å². The van der Waals surface area contributed by atoms with Crippen LogP contribution < -0.4 is 4.74 Å². The lowest BCUT2D eigenvalue weighted by Gasteiger charge is -2.43. The molecule has 1 aliphatic heterocycles. The number of benzene rings is 2. The van der Waals surface area contributed by atoms with Crippen molar-refractivity contribution in [3.8, 4) is 11.8 Å². The summed E-state index contributed by atoms with van der Waals surface area (Å²) >= 11 is 0. The molecule has 0 radical (unpaired) electrons. The largest absolute Gasteiger partial charge is 0.422 e. The lowest BCUT2D eigenvalue weighted by Crippen LogP contribution is -2.63. The minimum absolute atomic E-state index is 0.294. The summed E-state index contributed by atoms with van der Waals surface area (Å²) in [6.07, 6.45) is 2.64. The first-order chi connectivity index (χ1) is 12.2. The summed E-state index contributed by atoms with van der Waals surface area (Å²) in [6, 6.07) is 19.6. The first-order valence-corrected chi connectivity index (χ1v) is 7.91. The number of para-hydroxylation sites is 1. The van der Waals surface area contributed by atoms with Crippen molar-refractivity contribution in [2.75, 3.05) is 0 Å². The fourth-order valence-electron chi connectivity index (χ4n) is 2.86. The van der Waals surface area contributed by atoms with Crippen LogP contribution in [0.15, 0.2) is 72.8 Å². The number of nitriles is 1. The van der Waals surface area contributed by atoms with Crippen molar-refractivity contribution in [2.45, 2.75) is 12.5 Å². The minimum atomic E-state index is -0.729. The monoisotopic (exact) mass is 332 g/mol. The van der Waals surface area contributed by atoms with Crippen molar-refractivity contribution in [3.05, 3.63) is 78.4 Å². The van der Waals surface area contributed by atoms with E-state index in [1.165, 1.54) is 6.08 Å². The Balaban J connectivity index is 1.75. The second kappa shape index (κ2) is 7.45. The van der Waals surface area contributed by atoms with Gasteiger partial charge < -0.3 is 4.74 Å². The average Bonchev–Trinajstić information content (AvgIpc) is 2.64. The molecule has 5 nitrogen and oxygen atoms in total. The molecule has 0 saturated carbocycles. The van der Waals surface area contributed by atoms with Gasteiger partial charge in [0.25, 0.3) is 0 Å². The Morgan fingerprint density at radius 3 is 2.40 bits per heavy atom. The number of hydrogen-bond donors (Lipinski definition) is 0. The number of nitrogens with zero attached hydrogens (tertiary/aromatic N) is 2. The van der Waals surface area contributed by atoms with Crippen molar-refractivity contribution in [2.24, 2.45) is 5.92 Å². The molecule has 0 N–H and O–H groups in total. The zero-order chi connectivity index (χ0) is 17.6. The molecular weight excluding hydrogens is 316 g/mol. The van der Waals surface area contributed by atoms with Gasteiger partial charge in [0.15, 0.2) is 0 Å². The summed E-state index contributed by atoms with van der Waals surface area (Å²) in [5, 5.41) is 8.78. The molecule has 2 amide bonds. The molecule has 1 heterocycles. The molecule has 1 fully saturated rings. The van der Waals surface area contributed by atoms with E-state index in [9.17, 15) is 9.59 Å². The highest BCUT2D eigenvalue weighted by molar-refractivity contribution is 6.00. The van der Waals surface area contributed by atoms with Crippen LogP contribution >= 0.6 is 0 Å². The summed E-state index contributed by atoms with van der Waals surface area (Å²) in [5.74, 6) is -0.303. The smallest absolute Gasteiger partial charge is 0.410 e. The molecule has 25 heavy (non-hydrogen) atoms. The number of carbonyl (C=O) groups is 2. The van der Waals surface area contributed by atoms with Gasteiger partial charge in [-0.3, -0.25) is 4.79 Å². The van der Waals surface area contributed by atoms with Crippen molar-refractivity contribution < 1.29 is 14.3 Å². The predicted molar refractivity (Wildman–Crippen MR) is 91.5 cm³/mol. The topological polar surface area (TPSA) is 70.4 Å². The summed E-state index contributed by atoms with van der Waals surface area (Å²) in [6.45, 7) is 0. The molecule has 2 atom stereocenters. The summed E-state index contributed by atoms with van der Waals surface area (Å²) in [4.78, 5) is 25.9. The normalized spacial score (nSPS) is 19.3. The number of hydrogen-bond acceptors (Lipinski definition) is 4. The number of allylic oxidation sites excluding steroid dienone is 1. The van der Waals surface area contributed by atoms with E-state index in [2.05, 4.69) is 0 Å². The Labute approximate surface area is 145 Å². The van der Waals surface area contributed by atoms with E-state index in [0.717, 1.165) is 10.5 Å². The molecule has 3 rings (SSSR count). The van der Waals surface area contributed by atoms with Crippen LogP contribution in [0.1, 0.15) is 5.56 Å². The van der Waals surface area contributed by atoms with Gasteiger partial charge in [0.05, 0.1) is 18.0 Å². The van der Waals surface area contributed by atoms with Crippen LogP contribution in [0.3, 0.4) is 0 Å². The van der Waals surface area contributed by atoms with Crippen LogP contribution in [0, 0.1) is 17.2 Å². The van der Waals surface area contributed by atoms with Gasteiger partial charge in [0.2, 0.25) is 5.91 Å². The average molecular weight is 332 g/mol. The van der Waals surface area contributed by atoms with E-state index in [1.807, 2.05) is 36.4 Å². The number of ether oxygens (including phenoxy) is 1. The fraction of sp³-hybridized carbons (Fsp3) is 0.150. The van der Waals surface area contributed by atoms with E-state index in [1.54, 1.807) is 36.4 Å². The Hall–Kier alpha value is -3.39. The van der Waals surface area contributed by atoms with Crippen LogP contribution in [0.2, 0.25) is 0 Å². The van der Waals surface area contributed by atoms with Gasteiger partial charge in [-0.05, 0) is 24.1 Å². The van der Waals surface area contributed by atoms with Crippen molar-refractivity contribution in [3.63, 3.8) is 0 Å². The van der Waals surface area contributed by atoms with Crippen LogP contribution in [0.4, 0.5) is 4.79 Å². The maximum Gasteiger partial charge on any atom is 0.422 e. The van der Waals surface area contributed by atoms with Gasteiger partial charge in [0, 0.05) is 6.08 Å². The van der Waals surface area contributed by atoms with Gasteiger partial charge in [-0.15, -0.1) is 0 Å². The fourth-order valence-corrected chi connectivity index (χ4v) is 2.86. The Bertz CT molecular complexity index is 825. The highest BCUT2D eigenvalue weighted by Crippen LogP contribution is 2.32. The van der Waals surface area contributed by atoms with E-state index >= 15 is 0 Å². The Morgan fingerprint density at radius 1 is 1.12 bits per heavy atom. The van der Waals surface area contributed by atoms with Gasteiger partial charge in [-0.2, -0.15) is 5.26 Å². The third-order valence-electron chi connectivity index (χ3n) is 4.08. The molecule has 0 bridgehead atoms. The standard InChI is InChI=1S/C20H16N2O3/c21-13-7-12-18-17(14-15-8-3-1-4-9-15)19(23)22(18)20(24)25-16-10-5-2-6-11-16/h1-12,17-18H,14H2/t17-,18+/m0/s1. The van der Waals surface area contributed by atoms with E-state index in [-0.39, 0.29) is 11.8 Å². The number of carbonyl (C=O) groups excluding carboxylic acids is 2. The lowest BCUT2D eigenvalue weighted by molar-refractivity contribution is -0.148. The molecule has 0 unspecified atom stereocenters. The van der Waals surface area contributed by atoms with Crippen LogP contribution in [0.5, 0.6) is 5.75 Å². The van der Waals surface area contributed by atoms with Crippen LogP contribution in [-0.2, 0) is 11.2 Å². The number of rotatable bonds is 4. The molecule has 124 valence electrons. The summed E-state index contributed by atoms with van der Waals surface area (Å²) in [7, 11) is 0. The van der Waals surface area contributed by atoms with Gasteiger partial charge in [-0.1, -0.05) is 54.6 Å². The second-order valence-corrected chi connectivity index (χ2v) is 5.66. The quantitative estimate of drug-likeness (QED) is 0.636. The van der Waals surface area contributed by atoms with Crippen LogP contribution in [-0.4, -0.2) is 22.9 Å². The number of imide groups is 1. The summed E-state index contributed by atoms with van der Waals surface area (Å²) in [5.41, 5.74) is 1.01. The molecule has 1 saturated heterocycles. The molecule has 0 spiro atoms. The molecule has 5 heteroatoms. The third kappa shape index (κ3) is 3.59. The molecule has 2 aromatic carbocycles. The predicted octanol–water partition coefficient (Wildman–Crippen LogP) is 3.33. The maximum absolute atomic E-state index is 12.5. The zero-order valence-corrected chi connectivity index (χ0v) is 13.4. The van der Waals surface area contributed by atoms with Gasteiger partial charge in [-0.25, -0.2) is 9.69 Å². The first-order valence-electron chi connectivity index (χ1n) is 7.91.